The van der Waals surface area contributed by atoms with Crippen molar-refractivity contribution in [3.05, 3.63) is 59.7 Å². The third-order valence-corrected chi connectivity index (χ3v) is 3.83. The van der Waals surface area contributed by atoms with E-state index in [9.17, 15) is 4.79 Å². The van der Waals surface area contributed by atoms with E-state index >= 15 is 0 Å². The molecule has 1 amide bonds. The first kappa shape index (κ1) is 19.0. The highest BCUT2D eigenvalue weighted by Gasteiger charge is 2.15. The molecule has 4 heteroatoms. The van der Waals surface area contributed by atoms with Gasteiger partial charge in [-0.15, -0.1) is 12.4 Å². The summed E-state index contributed by atoms with van der Waals surface area (Å²) in [5.41, 5.74) is 9.63. The van der Waals surface area contributed by atoms with Gasteiger partial charge < -0.3 is 10.6 Å². The van der Waals surface area contributed by atoms with Gasteiger partial charge in [0, 0.05) is 18.4 Å². The number of benzene rings is 2. The third kappa shape index (κ3) is 5.00. The molecule has 0 spiro atoms. The van der Waals surface area contributed by atoms with Crippen molar-refractivity contribution >= 4 is 29.7 Å². The number of carbonyl (C=O) groups excluding carboxylic acids is 1. The lowest BCUT2D eigenvalue weighted by molar-refractivity contribution is -0.117. The molecule has 2 N–H and O–H groups in total. The Morgan fingerprint density at radius 1 is 1.00 bits per heavy atom. The Kier molecular flexibility index (Phi) is 6.22. The highest BCUT2D eigenvalue weighted by atomic mass is 35.5. The van der Waals surface area contributed by atoms with E-state index < -0.39 is 0 Å². The van der Waals surface area contributed by atoms with Crippen LogP contribution in [-0.2, 0) is 16.6 Å². The van der Waals surface area contributed by atoms with Crippen LogP contribution in [0.5, 0.6) is 0 Å². The first-order valence-corrected chi connectivity index (χ1v) is 7.49. The molecule has 23 heavy (non-hydrogen) atoms. The van der Waals surface area contributed by atoms with Crippen molar-refractivity contribution in [3.63, 3.8) is 0 Å². The summed E-state index contributed by atoms with van der Waals surface area (Å²) in [7, 11) is 1.81. The molecule has 0 unspecified atom stereocenters. The second-order valence-electron chi connectivity index (χ2n) is 6.67. The van der Waals surface area contributed by atoms with E-state index in [1.165, 1.54) is 5.56 Å². The number of nitrogens with two attached hydrogens (primary N) is 1. The topological polar surface area (TPSA) is 46.3 Å². The molecule has 0 fully saturated rings. The van der Waals surface area contributed by atoms with Gasteiger partial charge in [-0.05, 0) is 40.8 Å². The van der Waals surface area contributed by atoms with Crippen LogP contribution in [0, 0.1) is 0 Å². The maximum Gasteiger partial charge on any atom is 0.231 e. The standard InChI is InChI=1S/C19H24N2O.ClH/c1-19(2,3)15-7-11-17(12-8-15)21(4)18(22)13-14-5-9-16(20)10-6-14;/h5-12H,13,20H2,1-4H3;1H. The van der Waals surface area contributed by atoms with Gasteiger partial charge >= 0.3 is 0 Å². The van der Waals surface area contributed by atoms with Crippen LogP contribution in [0.25, 0.3) is 0 Å². The lowest BCUT2D eigenvalue weighted by Crippen LogP contribution is -2.27. The number of likely N-dealkylation sites (N-methyl/N-ethyl adjacent to an activating group) is 1. The van der Waals surface area contributed by atoms with Crippen LogP contribution in [0.1, 0.15) is 31.9 Å². The van der Waals surface area contributed by atoms with E-state index in [0.29, 0.717) is 12.1 Å². The van der Waals surface area contributed by atoms with Crippen molar-refractivity contribution in [2.75, 3.05) is 17.7 Å². The summed E-state index contributed by atoms with van der Waals surface area (Å²) in [6.45, 7) is 6.54. The quantitative estimate of drug-likeness (QED) is 0.856. The minimum absolute atomic E-state index is 0. The van der Waals surface area contributed by atoms with E-state index in [-0.39, 0.29) is 23.7 Å². The van der Waals surface area contributed by atoms with Crippen LogP contribution >= 0.6 is 12.4 Å². The number of amides is 1. The molecule has 0 bridgehead atoms. The lowest BCUT2D eigenvalue weighted by atomic mass is 9.87. The Hall–Kier alpha value is -2.00. The van der Waals surface area contributed by atoms with Crippen LogP contribution in [0.3, 0.4) is 0 Å². The minimum Gasteiger partial charge on any atom is -0.399 e. The number of rotatable bonds is 3. The Labute approximate surface area is 144 Å². The Balaban J connectivity index is 0.00000264. The monoisotopic (exact) mass is 332 g/mol. The molecule has 2 aromatic carbocycles. The number of hydrogen-bond acceptors (Lipinski definition) is 2. The molecule has 0 saturated carbocycles. The van der Waals surface area contributed by atoms with Gasteiger partial charge in [0.2, 0.25) is 5.91 Å². The average molecular weight is 333 g/mol. The van der Waals surface area contributed by atoms with Gasteiger partial charge in [-0.1, -0.05) is 45.0 Å². The van der Waals surface area contributed by atoms with Crippen molar-refractivity contribution in [1.29, 1.82) is 0 Å². The molecule has 0 atom stereocenters. The van der Waals surface area contributed by atoms with Gasteiger partial charge in [0.1, 0.15) is 0 Å². The van der Waals surface area contributed by atoms with Gasteiger partial charge in [0.05, 0.1) is 6.42 Å². The number of anilines is 2. The highest BCUT2D eigenvalue weighted by molar-refractivity contribution is 5.94. The van der Waals surface area contributed by atoms with Crippen molar-refractivity contribution in [1.82, 2.24) is 0 Å². The summed E-state index contributed by atoms with van der Waals surface area (Å²) in [5, 5.41) is 0. The zero-order chi connectivity index (χ0) is 16.3. The van der Waals surface area contributed by atoms with Gasteiger partial charge in [0.15, 0.2) is 0 Å². The fourth-order valence-electron chi connectivity index (χ4n) is 2.26. The molecule has 0 saturated heterocycles. The molecule has 0 aliphatic carbocycles. The van der Waals surface area contributed by atoms with Crippen LogP contribution in [0.2, 0.25) is 0 Å². The normalized spacial score (nSPS) is 10.8. The zero-order valence-electron chi connectivity index (χ0n) is 14.2. The van der Waals surface area contributed by atoms with Gasteiger partial charge in [0.25, 0.3) is 0 Å². The first-order valence-electron chi connectivity index (χ1n) is 7.49. The van der Waals surface area contributed by atoms with Gasteiger partial charge in [-0.25, -0.2) is 0 Å². The Bertz CT molecular complexity index is 643. The van der Waals surface area contributed by atoms with Crippen LogP contribution in [0.4, 0.5) is 11.4 Å². The molecule has 124 valence electrons. The second kappa shape index (κ2) is 7.51. The summed E-state index contributed by atoms with van der Waals surface area (Å²) in [5.74, 6) is 0.0632. The number of halogens is 1. The predicted molar refractivity (Wildman–Crippen MR) is 100 cm³/mol. The van der Waals surface area contributed by atoms with E-state index in [4.69, 9.17) is 5.73 Å². The van der Waals surface area contributed by atoms with E-state index in [1.54, 1.807) is 4.90 Å². The maximum absolute atomic E-state index is 12.4. The Morgan fingerprint density at radius 3 is 2.00 bits per heavy atom. The smallest absolute Gasteiger partial charge is 0.231 e. The summed E-state index contributed by atoms with van der Waals surface area (Å²) < 4.78 is 0. The first-order chi connectivity index (χ1) is 10.3. The highest BCUT2D eigenvalue weighted by Crippen LogP contribution is 2.24. The molecular formula is C19H25ClN2O. The molecule has 0 radical (unpaired) electrons. The van der Waals surface area contributed by atoms with Crippen molar-refractivity contribution in [2.24, 2.45) is 0 Å². The summed E-state index contributed by atoms with van der Waals surface area (Å²) >= 11 is 0. The molecule has 0 heterocycles. The van der Waals surface area contributed by atoms with Crippen LogP contribution < -0.4 is 10.6 Å². The number of carbonyl (C=O) groups is 1. The third-order valence-electron chi connectivity index (χ3n) is 3.83. The molecule has 0 aliphatic rings. The Morgan fingerprint density at radius 2 is 1.52 bits per heavy atom. The van der Waals surface area contributed by atoms with Crippen LogP contribution in [0.15, 0.2) is 48.5 Å². The van der Waals surface area contributed by atoms with Crippen molar-refractivity contribution in [2.45, 2.75) is 32.6 Å². The lowest BCUT2D eigenvalue weighted by Gasteiger charge is -2.22. The van der Waals surface area contributed by atoms with Crippen molar-refractivity contribution in [3.8, 4) is 0 Å². The number of nitrogen functional groups attached to an aromatic ring is 1. The molecule has 3 nitrogen and oxygen atoms in total. The maximum atomic E-state index is 12.4. The molecule has 2 rings (SSSR count). The average Bonchev–Trinajstić information content (AvgIpc) is 2.48. The fraction of sp³-hybridized carbons (Fsp3) is 0.316. The van der Waals surface area contributed by atoms with Crippen LogP contribution in [-0.4, -0.2) is 13.0 Å². The molecular weight excluding hydrogens is 308 g/mol. The van der Waals surface area contributed by atoms with Crippen molar-refractivity contribution < 1.29 is 4.79 Å². The van der Waals surface area contributed by atoms with Gasteiger partial charge in [-0.2, -0.15) is 0 Å². The SMILES string of the molecule is CN(C(=O)Cc1ccc(N)cc1)c1ccc(C(C)(C)C)cc1.Cl. The van der Waals surface area contributed by atoms with Gasteiger partial charge in [-0.3, -0.25) is 4.79 Å². The summed E-state index contributed by atoms with van der Waals surface area (Å²) in [4.78, 5) is 14.1. The fourth-order valence-corrected chi connectivity index (χ4v) is 2.26. The predicted octanol–water partition coefficient (Wildman–Crippen LogP) is 4.19. The molecule has 0 aromatic heterocycles. The second-order valence-corrected chi connectivity index (χ2v) is 6.67. The number of hydrogen-bond donors (Lipinski definition) is 1. The largest absolute Gasteiger partial charge is 0.399 e. The zero-order valence-corrected chi connectivity index (χ0v) is 15.0. The molecule has 2 aromatic rings. The van der Waals surface area contributed by atoms with E-state index in [1.807, 2.05) is 43.4 Å². The number of nitrogens with zero attached hydrogens (tertiary/aromatic N) is 1. The summed E-state index contributed by atoms with van der Waals surface area (Å²) in [6, 6.07) is 15.6. The summed E-state index contributed by atoms with van der Waals surface area (Å²) in [6.07, 6.45) is 0.373. The van der Waals surface area contributed by atoms with E-state index in [0.717, 1.165) is 11.3 Å². The van der Waals surface area contributed by atoms with E-state index in [2.05, 4.69) is 32.9 Å². The minimum atomic E-state index is 0. The molecule has 0 aliphatic heterocycles.